The molecule has 4 heterocycles. The lowest BCUT2D eigenvalue weighted by Crippen LogP contribution is -2.10. The number of furan rings is 1. The summed E-state index contributed by atoms with van der Waals surface area (Å²) >= 11 is 5.63. The SMILES string of the molecule is c1ccc(-c2cc(-c3ccccc3)c3cccc(N(c4ccc(-c5ccc6c(c5)oc5ccc7ccccc7c56)cc4)c4ccc(-c5ccc6c(c5)sc5ccc7ccccc7c56)cc4)c3c2)cc1.c1ccc(-c2ccc(-c3ccc(N(c4ccc(-c5ccc6sc7ccc8ccccc8c7c6c5)cc4)c4ccc(-c5ccc6sc7ccc8ccccc8c7c6c5)cc4)cc3)cc2)cc1. The van der Waals surface area contributed by atoms with Gasteiger partial charge in [-0.3, -0.25) is 0 Å². The highest BCUT2D eigenvalue weighted by Crippen LogP contribution is 2.50. The summed E-state index contributed by atoms with van der Waals surface area (Å²) in [5.74, 6) is 0. The van der Waals surface area contributed by atoms with Gasteiger partial charge in [-0.05, 0) is 283 Å². The highest BCUT2D eigenvalue weighted by Gasteiger charge is 2.24. The van der Waals surface area contributed by atoms with Crippen LogP contribution in [0.25, 0.3) is 225 Å². The van der Waals surface area contributed by atoms with Gasteiger partial charge in [-0.1, -0.05) is 340 Å². The van der Waals surface area contributed by atoms with E-state index in [1.54, 1.807) is 0 Å². The number of hydrogen-bond donors (Lipinski definition) is 0. The van der Waals surface area contributed by atoms with Crippen molar-refractivity contribution in [2.24, 2.45) is 0 Å². The van der Waals surface area contributed by atoms with Crippen LogP contribution in [0.3, 0.4) is 0 Å². The van der Waals surface area contributed by atoms with Crippen molar-refractivity contribution in [1.82, 2.24) is 0 Å². The van der Waals surface area contributed by atoms with Crippen molar-refractivity contribution in [2.45, 2.75) is 0 Å². The van der Waals surface area contributed by atoms with Crippen LogP contribution in [-0.2, 0) is 0 Å². The van der Waals surface area contributed by atoms with Crippen molar-refractivity contribution in [3.8, 4) is 89.0 Å². The maximum Gasteiger partial charge on any atom is 0.136 e. The third-order valence-electron chi connectivity index (χ3n) is 27.1. The highest BCUT2D eigenvalue weighted by molar-refractivity contribution is 7.27. The van der Waals surface area contributed by atoms with Crippen LogP contribution in [0.15, 0.2) is 490 Å². The zero-order chi connectivity index (χ0) is 88.3. The molecule has 0 N–H and O–H groups in total. The van der Waals surface area contributed by atoms with Crippen molar-refractivity contribution in [3.05, 3.63) is 485 Å². The molecule has 626 valence electrons. The minimum Gasteiger partial charge on any atom is -0.456 e. The second-order valence-corrected chi connectivity index (χ2v) is 38.1. The molecule has 0 fully saturated rings. The number of rotatable bonds is 14. The topological polar surface area (TPSA) is 19.6 Å². The minimum absolute atomic E-state index is 0.892. The summed E-state index contributed by atoms with van der Waals surface area (Å²) in [6.07, 6.45) is 0. The predicted octanol–water partition coefficient (Wildman–Crippen LogP) is 38.4. The van der Waals surface area contributed by atoms with Crippen LogP contribution in [-0.4, -0.2) is 0 Å². The third-order valence-corrected chi connectivity index (χ3v) is 30.5. The Balaban J connectivity index is 0.000000140. The van der Waals surface area contributed by atoms with Crippen LogP contribution in [0.5, 0.6) is 0 Å². The van der Waals surface area contributed by atoms with Crippen molar-refractivity contribution < 1.29 is 4.42 Å². The normalized spacial score (nSPS) is 11.7. The van der Waals surface area contributed by atoms with Gasteiger partial charge in [0.15, 0.2) is 0 Å². The summed E-state index contributed by atoms with van der Waals surface area (Å²) in [6.45, 7) is 0. The molecule has 0 aliphatic rings. The molecule has 3 nitrogen and oxygen atoms in total. The molecule has 0 saturated carbocycles. The number of thiophene rings is 3. The average molecular weight is 1760 g/mol. The number of benzene rings is 23. The van der Waals surface area contributed by atoms with Crippen LogP contribution in [0, 0.1) is 0 Å². The summed E-state index contributed by atoms with van der Waals surface area (Å²) in [4.78, 5) is 4.80. The molecular weight excluding hydrogens is 1680 g/mol. The van der Waals surface area contributed by atoms with Crippen molar-refractivity contribution >= 4 is 204 Å². The molecular formula is C128H80N2OS3. The second kappa shape index (κ2) is 32.8. The quantitative estimate of drug-likeness (QED) is 0.108. The van der Waals surface area contributed by atoms with Crippen LogP contribution < -0.4 is 9.80 Å². The zero-order valence-electron chi connectivity index (χ0n) is 72.7. The van der Waals surface area contributed by atoms with E-state index in [0.717, 1.165) is 61.8 Å². The van der Waals surface area contributed by atoms with E-state index in [1.807, 2.05) is 34.0 Å². The highest BCUT2D eigenvalue weighted by atomic mass is 32.1. The minimum atomic E-state index is 0.892. The van der Waals surface area contributed by atoms with Crippen LogP contribution >= 0.6 is 34.0 Å². The van der Waals surface area contributed by atoms with Crippen molar-refractivity contribution in [3.63, 3.8) is 0 Å². The van der Waals surface area contributed by atoms with Gasteiger partial charge in [0.25, 0.3) is 0 Å². The summed E-state index contributed by atoms with van der Waals surface area (Å²) in [5, 5.41) is 22.9. The molecule has 27 aromatic rings. The molecule has 6 heteroatoms. The van der Waals surface area contributed by atoms with E-state index in [2.05, 4.69) is 495 Å². The number of hydrogen-bond acceptors (Lipinski definition) is 6. The predicted molar refractivity (Wildman–Crippen MR) is 579 cm³/mol. The lowest BCUT2D eigenvalue weighted by molar-refractivity contribution is 0.669. The first-order valence-corrected chi connectivity index (χ1v) is 48.1. The summed E-state index contributed by atoms with van der Waals surface area (Å²) in [7, 11) is 0. The lowest BCUT2D eigenvalue weighted by Gasteiger charge is -2.28. The maximum atomic E-state index is 6.51. The summed E-state index contributed by atoms with van der Waals surface area (Å²) in [5.41, 5.74) is 27.4. The second-order valence-electron chi connectivity index (χ2n) is 34.9. The summed E-state index contributed by atoms with van der Waals surface area (Å²) < 4.78 is 14.4. The zero-order valence-corrected chi connectivity index (χ0v) is 75.2. The van der Waals surface area contributed by atoms with Crippen molar-refractivity contribution in [1.29, 1.82) is 0 Å². The molecule has 0 spiro atoms. The van der Waals surface area contributed by atoms with Gasteiger partial charge in [-0.15, -0.1) is 34.0 Å². The first-order valence-electron chi connectivity index (χ1n) is 45.7. The van der Waals surface area contributed by atoms with Crippen LogP contribution in [0.4, 0.5) is 34.1 Å². The Morgan fingerprint density at radius 3 is 0.925 bits per heavy atom. The third kappa shape index (κ3) is 13.9. The van der Waals surface area contributed by atoms with E-state index in [0.29, 0.717) is 0 Å². The van der Waals surface area contributed by atoms with Gasteiger partial charge in [0.05, 0.1) is 5.69 Å². The molecule has 0 atom stereocenters. The van der Waals surface area contributed by atoms with Gasteiger partial charge >= 0.3 is 0 Å². The Labute approximate surface area is 786 Å². The smallest absolute Gasteiger partial charge is 0.136 e. The molecule has 0 amide bonds. The average Bonchev–Trinajstić information content (AvgIpc) is 1.51. The van der Waals surface area contributed by atoms with Crippen LogP contribution in [0.1, 0.15) is 0 Å². The molecule has 27 rings (SSSR count). The number of nitrogens with zero attached hydrogens (tertiary/aromatic N) is 2. The molecule has 0 saturated heterocycles. The van der Waals surface area contributed by atoms with Crippen LogP contribution in [0.2, 0.25) is 0 Å². The number of anilines is 6. The maximum absolute atomic E-state index is 6.51. The molecule has 23 aromatic carbocycles. The first-order chi connectivity index (χ1) is 66.4. The van der Waals surface area contributed by atoms with Gasteiger partial charge in [0, 0.05) is 105 Å². The van der Waals surface area contributed by atoms with Gasteiger partial charge < -0.3 is 14.2 Å². The van der Waals surface area contributed by atoms with Gasteiger partial charge in [0.1, 0.15) is 11.2 Å². The molecule has 134 heavy (non-hydrogen) atoms. The number of fused-ring (bicyclic) bond motifs is 21. The van der Waals surface area contributed by atoms with Gasteiger partial charge in [-0.2, -0.15) is 0 Å². The van der Waals surface area contributed by atoms with E-state index in [4.69, 9.17) is 4.42 Å². The monoisotopic (exact) mass is 1760 g/mol. The molecule has 0 radical (unpaired) electrons. The van der Waals surface area contributed by atoms with E-state index in [1.165, 1.54) is 198 Å². The van der Waals surface area contributed by atoms with E-state index >= 15 is 0 Å². The first kappa shape index (κ1) is 78.5. The Hall–Kier alpha value is -16.6. The van der Waals surface area contributed by atoms with Gasteiger partial charge in [0.2, 0.25) is 0 Å². The summed E-state index contributed by atoms with van der Waals surface area (Å²) in [6, 6.07) is 178. The lowest BCUT2D eigenvalue weighted by atomic mass is 9.92. The standard InChI is InChI=1S/C66H41NOS.C62H39NS2/c1-3-12-42(13-4-1)50-38-58(45-14-5-2-6-15-45)55-20-11-21-60(59(55)39-50)67(51-30-22-43(23-31-51)48-26-34-56-62(40-48)68-61-36-28-46-16-7-9-18-53(46)65(56)61)52-32-24-44(25-33-52)49-27-35-57-64(41-49)69-63-37-29-47-17-8-10-19-54(47)66(57)63;1-2-8-40(9-3-1)41-14-16-42(17-15-41)43-18-28-50(29-19-43)63(51-30-20-44(21-31-51)48-26-34-57-55(38-48)61-53-12-6-4-10-46(53)24-36-59(61)64-57)52-32-22-45(23-33-52)49-27-35-58-56(39-49)62-54-13-7-5-11-47(54)25-37-60(62)65-58/h1-41H;1-39H. The Morgan fingerprint density at radius 2 is 0.463 bits per heavy atom. The molecule has 0 aliphatic heterocycles. The molecule has 0 aliphatic carbocycles. The molecule has 0 bridgehead atoms. The fourth-order valence-electron chi connectivity index (χ4n) is 20.5. The molecule has 0 unspecified atom stereocenters. The van der Waals surface area contributed by atoms with E-state index in [9.17, 15) is 0 Å². The molecule has 4 aromatic heterocycles. The fraction of sp³-hybridized carbons (Fsp3) is 0. The Kier molecular flexibility index (Phi) is 19.2. The van der Waals surface area contributed by atoms with Crippen molar-refractivity contribution in [2.75, 3.05) is 9.80 Å². The fourth-order valence-corrected chi connectivity index (χ4v) is 23.9. The Morgan fingerprint density at radius 1 is 0.149 bits per heavy atom. The van der Waals surface area contributed by atoms with E-state index < -0.39 is 0 Å². The van der Waals surface area contributed by atoms with E-state index in [-0.39, 0.29) is 0 Å². The Bertz CT molecular complexity index is 8870. The van der Waals surface area contributed by atoms with Gasteiger partial charge in [-0.25, -0.2) is 0 Å². The largest absolute Gasteiger partial charge is 0.456 e.